The number of piperazine rings is 1. The van der Waals surface area contributed by atoms with Crippen molar-refractivity contribution in [3.63, 3.8) is 0 Å². The number of hydrogen-bond acceptors (Lipinski definition) is 3. The van der Waals surface area contributed by atoms with Gasteiger partial charge in [0.2, 0.25) is 0 Å². The largest absolute Gasteiger partial charge is 0.481 e. The minimum Gasteiger partial charge on any atom is -0.481 e. The first-order valence-corrected chi connectivity index (χ1v) is 11.5. The average molecular weight is 429 g/mol. The highest BCUT2D eigenvalue weighted by Gasteiger charge is 2.30. The number of hydrogen-bond donors (Lipinski definition) is 0. The first-order valence-electron chi connectivity index (χ1n) is 11.5. The van der Waals surface area contributed by atoms with E-state index >= 15 is 0 Å². The summed E-state index contributed by atoms with van der Waals surface area (Å²) >= 11 is 0. The van der Waals surface area contributed by atoms with Crippen molar-refractivity contribution < 1.29 is 9.53 Å². The van der Waals surface area contributed by atoms with Crippen LogP contribution in [0.3, 0.4) is 0 Å². The van der Waals surface area contributed by atoms with Crippen LogP contribution in [0.4, 0.5) is 0 Å². The van der Waals surface area contributed by atoms with Crippen LogP contribution in [0.5, 0.6) is 5.75 Å². The highest BCUT2D eigenvalue weighted by atomic mass is 16.5. The van der Waals surface area contributed by atoms with Crippen LogP contribution in [-0.2, 0) is 11.2 Å². The molecule has 1 aliphatic rings. The van der Waals surface area contributed by atoms with Crippen LogP contribution in [0.1, 0.15) is 36.6 Å². The Kier molecular flexibility index (Phi) is 7.23. The first-order chi connectivity index (χ1) is 15.7. The Morgan fingerprint density at radius 3 is 1.84 bits per heavy atom. The van der Waals surface area contributed by atoms with Gasteiger partial charge in [0, 0.05) is 26.2 Å². The first kappa shape index (κ1) is 22.1. The fourth-order valence-electron chi connectivity index (χ4n) is 4.40. The zero-order chi connectivity index (χ0) is 22.3. The van der Waals surface area contributed by atoms with E-state index in [1.807, 2.05) is 24.0 Å². The van der Waals surface area contributed by atoms with Crippen molar-refractivity contribution >= 4 is 5.91 Å². The summed E-state index contributed by atoms with van der Waals surface area (Å²) in [5.74, 6) is 0.801. The van der Waals surface area contributed by atoms with E-state index < -0.39 is 6.10 Å². The number of benzene rings is 3. The van der Waals surface area contributed by atoms with Gasteiger partial charge < -0.3 is 9.64 Å². The Bertz CT molecular complexity index is 941. The molecule has 1 aliphatic heterocycles. The molecule has 0 aromatic heterocycles. The molecule has 0 bridgehead atoms. The van der Waals surface area contributed by atoms with Crippen molar-refractivity contribution in [1.29, 1.82) is 0 Å². The van der Waals surface area contributed by atoms with E-state index in [4.69, 9.17) is 4.74 Å². The number of aryl methyl sites for hydroxylation is 1. The molecule has 1 amide bonds. The van der Waals surface area contributed by atoms with Gasteiger partial charge in [-0.05, 0) is 42.2 Å². The molecule has 166 valence electrons. The monoisotopic (exact) mass is 428 g/mol. The lowest BCUT2D eigenvalue weighted by Gasteiger charge is -2.40. The van der Waals surface area contributed by atoms with Crippen molar-refractivity contribution in [2.45, 2.75) is 32.4 Å². The van der Waals surface area contributed by atoms with Crippen LogP contribution in [0.25, 0.3) is 0 Å². The molecular formula is C28H32N2O2. The Labute approximate surface area is 191 Å². The zero-order valence-corrected chi connectivity index (χ0v) is 19.0. The van der Waals surface area contributed by atoms with Gasteiger partial charge in [-0.15, -0.1) is 0 Å². The molecule has 3 aromatic carbocycles. The summed E-state index contributed by atoms with van der Waals surface area (Å²) in [5, 5.41) is 0. The van der Waals surface area contributed by atoms with Gasteiger partial charge in [0.15, 0.2) is 6.10 Å². The van der Waals surface area contributed by atoms with E-state index in [1.165, 1.54) is 16.7 Å². The Morgan fingerprint density at radius 2 is 1.34 bits per heavy atom. The third-order valence-corrected chi connectivity index (χ3v) is 6.21. The van der Waals surface area contributed by atoms with Gasteiger partial charge in [0.05, 0.1) is 6.04 Å². The van der Waals surface area contributed by atoms with E-state index in [2.05, 4.69) is 84.6 Å². The standard InChI is InChI=1S/C28H32N2O2/c1-3-23-14-16-26(17-15-23)32-22(2)28(31)30-20-18-29(19-21-30)27(24-10-6-4-7-11-24)25-12-8-5-9-13-25/h4-17,22,27H,3,18-21H2,1-2H3/t22-/m0/s1. The molecule has 3 aromatic rings. The Balaban J connectivity index is 1.40. The second-order valence-electron chi connectivity index (χ2n) is 8.34. The van der Waals surface area contributed by atoms with Crippen molar-refractivity contribution in [2.24, 2.45) is 0 Å². The summed E-state index contributed by atoms with van der Waals surface area (Å²) in [7, 11) is 0. The number of carbonyl (C=O) groups excluding carboxylic acids is 1. The maximum Gasteiger partial charge on any atom is 0.263 e. The Morgan fingerprint density at radius 1 is 0.812 bits per heavy atom. The molecule has 0 saturated carbocycles. The second-order valence-corrected chi connectivity index (χ2v) is 8.34. The fraction of sp³-hybridized carbons (Fsp3) is 0.321. The lowest BCUT2D eigenvalue weighted by Crippen LogP contribution is -2.52. The quantitative estimate of drug-likeness (QED) is 0.534. The van der Waals surface area contributed by atoms with Crippen LogP contribution >= 0.6 is 0 Å². The highest BCUT2D eigenvalue weighted by Crippen LogP contribution is 2.29. The van der Waals surface area contributed by atoms with Crippen molar-refractivity contribution in [3.8, 4) is 5.75 Å². The number of nitrogens with zero attached hydrogens (tertiary/aromatic N) is 2. The summed E-state index contributed by atoms with van der Waals surface area (Å²) < 4.78 is 5.94. The van der Waals surface area contributed by atoms with Crippen LogP contribution in [0.2, 0.25) is 0 Å². The van der Waals surface area contributed by atoms with Crippen molar-refractivity contribution in [3.05, 3.63) is 102 Å². The van der Waals surface area contributed by atoms with Crippen LogP contribution in [-0.4, -0.2) is 48.0 Å². The predicted molar refractivity (Wildman–Crippen MR) is 129 cm³/mol. The summed E-state index contributed by atoms with van der Waals surface area (Å²) in [5.41, 5.74) is 3.83. The lowest BCUT2D eigenvalue weighted by molar-refractivity contribution is -0.140. The van der Waals surface area contributed by atoms with Crippen LogP contribution in [0, 0.1) is 0 Å². The molecule has 1 fully saturated rings. The van der Waals surface area contributed by atoms with Gasteiger partial charge in [-0.3, -0.25) is 9.69 Å². The molecule has 1 saturated heterocycles. The van der Waals surface area contributed by atoms with E-state index in [-0.39, 0.29) is 11.9 Å². The smallest absolute Gasteiger partial charge is 0.263 e. The zero-order valence-electron chi connectivity index (χ0n) is 19.0. The fourth-order valence-corrected chi connectivity index (χ4v) is 4.40. The van der Waals surface area contributed by atoms with E-state index in [1.54, 1.807) is 0 Å². The van der Waals surface area contributed by atoms with Gasteiger partial charge in [0.1, 0.15) is 5.75 Å². The molecule has 0 unspecified atom stereocenters. The average Bonchev–Trinajstić information content (AvgIpc) is 2.86. The molecule has 0 radical (unpaired) electrons. The van der Waals surface area contributed by atoms with Crippen LogP contribution < -0.4 is 4.74 Å². The van der Waals surface area contributed by atoms with Gasteiger partial charge >= 0.3 is 0 Å². The molecular weight excluding hydrogens is 396 g/mol. The Hall–Kier alpha value is -3.11. The van der Waals surface area contributed by atoms with E-state index in [0.717, 1.165) is 25.3 Å². The molecule has 1 atom stereocenters. The predicted octanol–water partition coefficient (Wildman–Crippen LogP) is 4.95. The van der Waals surface area contributed by atoms with E-state index in [0.29, 0.717) is 13.1 Å². The summed E-state index contributed by atoms with van der Waals surface area (Å²) in [4.78, 5) is 17.4. The summed E-state index contributed by atoms with van der Waals surface area (Å²) in [6, 6.07) is 29.4. The summed E-state index contributed by atoms with van der Waals surface area (Å²) in [6.45, 7) is 7.05. The number of amides is 1. The molecule has 0 aliphatic carbocycles. The van der Waals surface area contributed by atoms with Crippen LogP contribution in [0.15, 0.2) is 84.9 Å². The van der Waals surface area contributed by atoms with Gasteiger partial charge in [0.25, 0.3) is 5.91 Å². The topological polar surface area (TPSA) is 32.8 Å². The molecule has 1 heterocycles. The second kappa shape index (κ2) is 10.5. The lowest BCUT2D eigenvalue weighted by atomic mass is 9.96. The molecule has 0 N–H and O–H groups in total. The third-order valence-electron chi connectivity index (χ3n) is 6.21. The molecule has 32 heavy (non-hydrogen) atoms. The normalized spacial score (nSPS) is 15.5. The molecule has 4 rings (SSSR count). The minimum atomic E-state index is -0.493. The van der Waals surface area contributed by atoms with Gasteiger partial charge in [-0.1, -0.05) is 79.7 Å². The number of ether oxygens (including phenoxy) is 1. The van der Waals surface area contributed by atoms with Gasteiger partial charge in [-0.25, -0.2) is 0 Å². The number of rotatable bonds is 7. The molecule has 4 nitrogen and oxygen atoms in total. The maximum atomic E-state index is 13.0. The minimum absolute atomic E-state index is 0.0557. The number of carbonyl (C=O) groups is 1. The highest BCUT2D eigenvalue weighted by molar-refractivity contribution is 5.81. The van der Waals surface area contributed by atoms with Crippen molar-refractivity contribution in [2.75, 3.05) is 26.2 Å². The third kappa shape index (κ3) is 5.20. The summed E-state index contributed by atoms with van der Waals surface area (Å²) in [6.07, 6.45) is 0.500. The SMILES string of the molecule is CCc1ccc(O[C@@H](C)C(=O)N2CCN(C(c3ccccc3)c3ccccc3)CC2)cc1. The molecule has 4 heteroatoms. The van der Waals surface area contributed by atoms with Crippen molar-refractivity contribution in [1.82, 2.24) is 9.80 Å². The maximum absolute atomic E-state index is 13.0. The molecule has 0 spiro atoms. The van der Waals surface area contributed by atoms with Gasteiger partial charge in [-0.2, -0.15) is 0 Å². The van der Waals surface area contributed by atoms with E-state index in [9.17, 15) is 4.79 Å².